The van der Waals surface area contributed by atoms with Crippen LogP contribution in [0.4, 0.5) is 18.0 Å². The Morgan fingerprint density at radius 1 is 1.20 bits per heavy atom. The zero-order valence-corrected chi connectivity index (χ0v) is 11.0. The maximum atomic E-state index is 11.8. The first-order valence-electron chi connectivity index (χ1n) is 5.69. The highest BCUT2D eigenvalue weighted by molar-refractivity contribution is 5.74. The zero-order chi connectivity index (χ0) is 15.2. The number of hydrogen-bond donors (Lipinski definition) is 2. The van der Waals surface area contributed by atoms with E-state index in [4.69, 9.17) is 9.47 Å². The molecule has 1 rings (SSSR count). The van der Waals surface area contributed by atoms with Crippen molar-refractivity contribution in [1.82, 2.24) is 10.6 Å². The van der Waals surface area contributed by atoms with Crippen LogP contribution in [0.25, 0.3) is 0 Å². The van der Waals surface area contributed by atoms with Crippen molar-refractivity contribution in [3.8, 4) is 11.5 Å². The number of methoxy groups -OCH3 is 2. The molecule has 5 nitrogen and oxygen atoms in total. The second-order valence-electron chi connectivity index (χ2n) is 3.82. The van der Waals surface area contributed by atoms with Crippen molar-refractivity contribution < 1.29 is 27.4 Å². The number of amides is 2. The van der Waals surface area contributed by atoms with E-state index in [9.17, 15) is 18.0 Å². The molecular formula is C12H15F3N2O3. The highest BCUT2D eigenvalue weighted by Gasteiger charge is 2.29. The number of ether oxygens (including phenoxy) is 2. The average Bonchev–Trinajstić information content (AvgIpc) is 2.36. The van der Waals surface area contributed by atoms with Gasteiger partial charge in [-0.25, -0.2) is 10.1 Å². The first-order valence-corrected chi connectivity index (χ1v) is 5.69. The summed E-state index contributed by atoms with van der Waals surface area (Å²) in [6.07, 6.45) is -4.36. The minimum atomic E-state index is -4.73. The van der Waals surface area contributed by atoms with Crippen molar-refractivity contribution in [3.05, 3.63) is 23.8 Å². The van der Waals surface area contributed by atoms with Crippen LogP contribution < -0.4 is 20.1 Å². The van der Waals surface area contributed by atoms with E-state index in [0.717, 1.165) is 10.9 Å². The molecule has 2 amide bonds. The molecule has 0 aliphatic rings. The fourth-order valence-corrected chi connectivity index (χ4v) is 1.53. The molecular weight excluding hydrogens is 277 g/mol. The van der Waals surface area contributed by atoms with E-state index in [0.29, 0.717) is 17.9 Å². The highest BCUT2D eigenvalue weighted by Crippen LogP contribution is 2.27. The lowest BCUT2D eigenvalue weighted by molar-refractivity contribution is -0.145. The van der Waals surface area contributed by atoms with Gasteiger partial charge in [-0.05, 0) is 24.1 Å². The molecule has 8 heteroatoms. The van der Waals surface area contributed by atoms with E-state index >= 15 is 0 Å². The van der Waals surface area contributed by atoms with Crippen molar-refractivity contribution in [2.24, 2.45) is 0 Å². The molecule has 0 aliphatic heterocycles. The Bertz CT molecular complexity index is 464. The second kappa shape index (κ2) is 6.88. The third kappa shape index (κ3) is 5.25. The lowest BCUT2D eigenvalue weighted by atomic mass is 10.1. The maximum absolute atomic E-state index is 11.8. The number of halogens is 3. The first-order chi connectivity index (χ1) is 9.35. The molecule has 0 atom stereocenters. The maximum Gasteiger partial charge on any atom is 0.485 e. The predicted molar refractivity (Wildman–Crippen MR) is 65.8 cm³/mol. The summed E-state index contributed by atoms with van der Waals surface area (Å²) in [6, 6.07) is 3.84. The van der Waals surface area contributed by atoms with Crippen LogP contribution in [0.15, 0.2) is 18.2 Å². The van der Waals surface area contributed by atoms with Gasteiger partial charge in [0.15, 0.2) is 11.5 Å². The van der Waals surface area contributed by atoms with Gasteiger partial charge in [-0.15, -0.1) is 0 Å². The third-order valence-corrected chi connectivity index (χ3v) is 2.40. The van der Waals surface area contributed by atoms with Gasteiger partial charge >= 0.3 is 12.3 Å². The van der Waals surface area contributed by atoms with E-state index in [2.05, 4.69) is 5.32 Å². The summed E-state index contributed by atoms with van der Waals surface area (Å²) in [5, 5.41) is 2.96. The van der Waals surface area contributed by atoms with Gasteiger partial charge in [0.1, 0.15) is 0 Å². The van der Waals surface area contributed by atoms with Crippen molar-refractivity contribution >= 4 is 6.03 Å². The first kappa shape index (κ1) is 15.9. The fourth-order valence-electron chi connectivity index (χ4n) is 1.53. The van der Waals surface area contributed by atoms with E-state index in [1.807, 2.05) is 0 Å². The van der Waals surface area contributed by atoms with Gasteiger partial charge in [0.05, 0.1) is 14.2 Å². The van der Waals surface area contributed by atoms with Crippen molar-refractivity contribution in [2.45, 2.75) is 12.7 Å². The van der Waals surface area contributed by atoms with Crippen molar-refractivity contribution in [1.29, 1.82) is 0 Å². The van der Waals surface area contributed by atoms with Crippen LogP contribution in [0, 0.1) is 0 Å². The van der Waals surface area contributed by atoms with Gasteiger partial charge in [-0.2, -0.15) is 13.2 Å². The number of benzene rings is 1. The van der Waals surface area contributed by atoms with Gasteiger partial charge < -0.3 is 14.8 Å². The molecule has 0 spiro atoms. The summed E-state index contributed by atoms with van der Waals surface area (Å²) in [6.45, 7) is 0.0669. The molecule has 0 bridgehead atoms. The second-order valence-corrected chi connectivity index (χ2v) is 3.82. The molecule has 0 saturated heterocycles. The number of urea groups is 1. The lowest BCUT2D eigenvalue weighted by Crippen LogP contribution is -2.44. The van der Waals surface area contributed by atoms with E-state index in [1.165, 1.54) is 14.2 Å². The van der Waals surface area contributed by atoms with Crippen LogP contribution in [0.1, 0.15) is 5.56 Å². The van der Waals surface area contributed by atoms with Crippen LogP contribution in [0.2, 0.25) is 0 Å². The average molecular weight is 292 g/mol. The molecule has 0 unspecified atom stereocenters. The number of carbonyl (C=O) groups excluding carboxylic acids is 1. The Labute approximate surface area is 114 Å². The standard InChI is InChI=1S/C12H15F3N2O3/c1-19-9-4-3-8(7-10(9)20-2)5-6-16-11(18)17-12(13,14)15/h3-4,7H,5-6H2,1-2H3,(H2,16,17,18). The topological polar surface area (TPSA) is 59.6 Å². The van der Waals surface area contributed by atoms with Gasteiger partial charge in [0, 0.05) is 6.54 Å². The van der Waals surface area contributed by atoms with Crippen LogP contribution in [-0.2, 0) is 6.42 Å². The van der Waals surface area contributed by atoms with Crippen LogP contribution in [-0.4, -0.2) is 33.1 Å². The molecule has 1 aromatic carbocycles. The molecule has 112 valence electrons. The SMILES string of the molecule is COc1ccc(CCNC(=O)NC(F)(F)F)cc1OC. The Morgan fingerprint density at radius 3 is 2.40 bits per heavy atom. The van der Waals surface area contributed by atoms with Crippen molar-refractivity contribution in [3.63, 3.8) is 0 Å². The van der Waals surface area contributed by atoms with Gasteiger partial charge in [0.2, 0.25) is 0 Å². The fraction of sp³-hybridized carbons (Fsp3) is 0.417. The molecule has 0 saturated carbocycles. The normalized spacial score (nSPS) is 10.8. The number of nitrogens with one attached hydrogen (secondary N) is 2. The van der Waals surface area contributed by atoms with E-state index < -0.39 is 12.3 Å². The van der Waals surface area contributed by atoms with Crippen LogP contribution >= 0.6 is 0 Å². The Kier molecular flexibility index (Phi) is 5.48. The quantitative estimate of drug-likeness (QED) is 0.817. The predicted octanol–water partition coefficient (Wildman–Crippen LogP) is 2.07. The van der Waals surface area contributed by atoms with Crippen LogP contribution in [0.3, 0.4) is 0 Å². The van der Waals surface area contributed by atoms with Gasteiger partial charge in [-0.1, -0.05) is 6.07 Å². The molecule has 0 aliphatic carbocycles. The number of carbonyl (C=O) groups is 1. The summed E-state index contributed by atoms with van der Waals surface area (Å²) in [5.41, 5.74) is 0.801. The van der Waals surface area contributed by atoms with Gasteiger partial charge in [0.25, 0.3) is 0 Å². The summed E-state index contributed by atoms with van der Waals surface area (Å²) in [5.74, 6) is 1.07. The molecule has 2 N–H and O–H groups in total. The molecule has 0 fully saturated rings. The summed E-state index contributed by atoms with van der Waals surface area (Å²) >= 11 is 0. The van der Waals surface area contributed by atoms with Crippen LogP contribution in [0.5, 0.6) is 11.5 Å². The molecule has 20 heavy (non-hydrogen) atoms. The third-order valence-electron chi connectivity index (χ3n) is 2.40. The van der Waals surface area contributed by atoms with Gasteiger partial charge in [-0.3, -0.25) is 0 Å². The highest BCUT2D eigenvalue weighted by atomic mass is 19.4. The summed E-state index contributed by atoms with van der Waals surface area (Å²) in [7, 11) is 2.98. The monoisotopic (exact) mass is 292 g/mol. The Balaban J connectivity index is 2.48. The molecule has 0 radical (unpaired) electrons. The lowest BCUT2D eigenvalue weighted by Gasteiger charge is -2.11. The van der Waals surface area contributed by atoms with E-state index in [1.54, 1.807) is 18.2 Å². The molecule has 1 aromatic rings. The molecule has 0 aromatic heterocycles. The number of alkyl halides is 3. The van der Waals surface area contributed by atoms with Crippen molar-refractivity contribution in [2.75, 3.05) is 20.8 Å². The zero-order valence-electron chi connectivity index (χ0n) is 11.0. The Hall–Kier alpha value is -2.12. The minimum Gasteiger partial charge on any atom is -0.493 e. The minimum absolute atomic E-state index is 0.0669. The summed E-state index contributed by atoms with van der Waals surface area (Å²) < 4.78 is 45.7. The Morgan fingerprint density at radius 2 is 1.85 bits per heavy atom. The number of hydrogen-bond acceptors (Lipinski definition) is 3. The van der Waals surface area contributed by atoms with E-state index in [-0.39, 0.29) is 6.54 Å². The summed E-state index contributed by atoms with van der Waals surface area (Å²) in [4.78, 5) is 10.9. The smallest absolute Gasteiger partial charge is 0.485 e. The number of rotatable bonds is 5. The molecule has 0 heterocycles. The largest absolute Gasteiger partial charge is 0.493 e.